The van der Waals surface area contributed by atoms with Gasteiger partial charge in [0.2, 0.25) is 17.7 Å². The minimum absolute atomic E-state index is 0.159. The zero-order valence-corrected chi connectivity index (χ0v) is 17.7. The molecule has 8 heteroatoms. The van der Waals surface area contributed by atoms with E-state index < -0.39 is 12.1 Å². The summed E-state index contributed by atoms with van der Waals surface area (Å²) in [7, 11) is 0. The van der Waals surface area contributed by atoms with Gasteiger partial charge in [-0.15, -0.1) is 11.3 Å². The maximum Gasteiger partial charge on any atom is 0.245 e. The van der Waals surface area contributed by atoms with E-state index in [-0.39, 0.29) is 17.7 Å². The molecule has 0 bridgehead atoms. The molecule has 2 atom stereocenters. The van der Waals surface area contributed by atoms with Crippen molar-refractivity contribution in [2.24, 2.45) is 0 Å². The van der Waals surface area contributed by atoms with Crippen LogP contribution >= 0.6 is 11.3 Å². The van der Waals surface area contributed by atoms with Crippen molar-refractivity contribution < 1.29 is 14.4 Å². The summed E-state index contributed by atoms with van der Waals surface area (Å²) in [6.45, 7) is 5.94. The normalized spacial score (nSPS) is 17.1. The third-order valence-electron chi connectivity index (χ3n) is 5.06. The molecule has 1 aliphatic rings. The van der Waals surface area contributed by atoms with E-state index in [1.807, 2.05) is 36.7 Å². The molecule has 0 aliphatic carbocycles. The van der Waals surface area contributed by atoms with Gasteiger partial charge in [0, 0.05) is 20.0 Å². The van der Waals surface area contributed by atoms with Crippen molar-refractivity contribution in [1.29, 1.82) is 0 Å². The van der Waals surface area contributed by atoms with Gasteiger partial charge in [-0.25, -0.2) is 4.98 Å². The molecule has 0 saturated carbocycles. The fourth-order valence-corrected chi connectivity index (χ4v) is 4.39. The quantitative estimate of drug-likeness (QED) is 0.758. The number of carbonyl (C=O) groups excluding carboxylic acids is 3. The first-order chi connectivity index (χ1) is 13.9. The Kier molecular flexibility index (Phi) is 6.64. The molecule has 3 rings (SSSR count). The number of rotatable bonds is 6. The zero-order chi connectivity index (χ0) is 21.0. The predicted molar refractivity (Wildman–Crippen MR) is 112 cm³/mol. The number of thiazole rings is 1. The molecule has 3 amide bonds. The van der Waals surface area contributed by atoms with Crippen molar-refractivity contribution >= 4 is 29.1 Å². The molecule has 2 heterocycles. The summed E-state index contributed by atoms with van der Waals surface area (Å²) in [5.74, 6) is -0.640. The van der Waals surface area contributed by atoms with Gasteiger partial charge < -0.3 is 15.5 Å². The Morgan fingerprint density at radius 1 is 1.28 bits per heavy atom. The first-order valence-electron chi connectivity index (χ1n) is 9.71. The zero-order valence-electron chi connectivity index (χ0n) is 16.9. The molecule has 1 saturated heterocycles. The number of amides is 3. The fourth-order valence-electron chi connectivity index (χ4n) is 3.58. The Labute approximate surface area is 174 Å². The Bertz CT molecular complexity index is 894. The van der Waals surface area contributed by atoms with E-state index in [9.17, 15) is 14.4 Å². The molecule has 2 N–H and O–H groups in total. The van der Waals surface area contributed by atoms with Crippen LogP contribution in [0.2, 0.25) is 0 Å². The van der Waals surface area contributed by atoms with E-state index in [2.05, 4.69) is 15.6 Å². The van der Waals surface area contributed by atoms with Crippen molar-refractivity contribution in [3.05, 3.63) is 41.0 Å². The molecule has 0 unspecified atom stereocenters. The Morgan fingerprint density at radius 3 is 2.62 bits per heavy atom. The van der Waals surface area contributed by atoms with Crippen LogP contribution in [0.3, 0.4) is 0 Å². The number of carbonyl (C=O) groups is 3. The summed E-state index contributed by atoms with van der Waals surface area (Å²) in [5.41, 5.74) is 4.95. The van der Waals surface area contributed by atoms with Crippen LogP contribution in [-0.2, 0) is 20.9 Å². The van der Waals surface area contributed by atoms with Gasteiger partial charge in [0.25, 0.3) is 0 Å². The average molecular weight is 415 g/mol. The first kappa shape index (κ1) is 21.0. The van der Waals surface area contributed by atoms with Gasteiger partial charge in [-0.05, 0) is 37.8 Å². The second-order valence-electron chi connectivity index (χ2n) is 7.29. The second-order valence-corrected chi connectivity index (χ2v) is 8.15. The van der Waals surface area contributed by atoms with Crippen molar-refractivity contribution in [2.75, 3.05) is 6.54 Å². The minimum atomic E-state index is -0.636. The molecule has 1 aromatic heterocycles. The van der Waals surface area contributed by atoms with Gasteiger partial charge in [0.1, 0.15) is 12.1 Å². The van der Waals surface area contributed by atoms with Gasteiger partial charge in [-0.1, -0.05) is 24.3 Å². The third kappa shape index (κ3) is 5.00. The summed E-state index contributed by atoms with van der Waals surface area (Å²) >= 11 is 1.61. The van der Waals surface area contributed by atoms with E-state index in [0.717, 1.165) is 28.1 Å². The molecule has 1 aliphatic heterocycles. The topological polar surface area (TPSA) is 91.4 Å². The largest absolute Gasteiger partial charge is 0.350 e. The maximum atomic E-state index is 12.7. The molecule has 0 spiro atoms. The smallest absolute Gasteiger partial charge is 0.245 e. The van der Waals surface area contributed by atoms with Crippen LogP contribution < -0.4 is 10.6 Å². The van der Waals surface area contributed by atoms with Crippen molar-refractivity contribution in [3.8, 4) is 10.4 Å². The van der Waals surface area contributed by atoms with Crippen LogP contribution in [0.1, 0.15) is 37.9 Å². The highest BCUT2D eigenvalue weighted by atomic mass is 32.1. The van der Waals surface area contributed by atoms with E-state index in [1.54, 1.807) is 23.2 Å². The van der Waals surface area contributed by atoms with Crippen LogP contribution in [0.15, 0.2) is 29.8 Å². The molecule has 154 valence electrons. The minimum Gasteiger partial charge on any atom is -0.350 e. The number of benzene rings is 1. The van der Waals surface area contributed by atoms with E-state index in [0.29, 0.717) is 19.5 Å². The molecule has 1 fully saturated rings. The number of nitrogens with one attached hydrogen (secondary N) is 2. The van der Waals surface area contributed by atoms with E-state index in [1.165, 1.54) is 6.92 Å². The number of likely N-dealkylation sites (tertiary alicyclic amines) is 1. The number of hydrogen-bond acceptors (Lipinski definition) is 5. The summed E-state index contributed by atoms with van der Waals surface area (Å²) in [6, 6.07) is 6.92. The van der Waals surface area contributed by atoms with Crippen LogP contribution in [-0.4, -0.2) is 46.2 Å². The Balaban J connectivity index is 1.57. The van der Waals surface area contributed by atoms with Gasteiger partial charge in [-0.3, -0.25) is 14.4 Å². The maximum absolute atomic E-state index is 12.7. The van der Waals surface area contributed by atoms with Gasteiger partial charge >= 0.3 is 0 Å². The lowest BCUT2D eigenvalue weighted by Gasteiger charge is -2.27. The number of hydrogen-bond donors (Lipinski definition) is 2. The van der Waals surface area contributed by atoms with Crippen LogP contribution in [0.25, 0.3) is 10.4 Å². The predicted octanol–water partition coefficient (Wildman–Crippen LogP) is 2.25. The van der Waals surface area contributed by atoms with Crippen LogP contribution in [0.4, 0.5) is 0 Å². The monoisotopic (exact) mass is 414 g/mol. The molecular formula is C21H26N4O3S. The molecule has 29 heavy (non-hydrogen) atoms. The van der Waals surface area contributed by atoms with Crippen molar-refractivity contribution in [1.82, 2.24) is 20.5 Å². The number of aryl methyl sites for hydroxylation is 1. The summed E-state index contributed by atoms with van der Waals surface area (Å²) < 4.78 is 0. The second kappa shape index (κ2) is 9.17. The highest BCUT2D eigenvalue weighted by Gasteiger charge is 2.35. The van der Waals surface area contributed by atoms with Crippen LogP contribution in [0, 0.1) is 6.92 Å². The number of aromatic nitrogens is 1. The molecule has 1 aromatic carbocycles. The molecule has 2 aromatic rings. The Morgan fingerprint density at radius 2 is 2.00 bits per heavy atom. The molecule has 7 nitrogen and oxygen atoms in total. The average Bonchev–Trinajstić information content (AvgIpc) is 3.34. The highest BCUT2D eigenvalue weighted by molar-refractivity contribution is 7.13. The van der Waals surface area contributed by atoms with Crippen molar-refractivity contribution in [3.63, 3.8) is 0 Å². The van der Waals surface area contributed by atoms with Crippen LogP contribution in [0.5, 0.6) is 0 Å². The van der Waals surface area contributed by atoms with Crippen molar-refractivity contribution in [2.45, 2.75) is 52.2 Å². The first-order valence-corrected chi connectivity index (χ1v) is 10.6. The summed E-state index contributed by atoms with van der Waals surface area (Å²) in [5, 5.41) is 5.53. The lowest BCUT2D eigenvalue weighted by Crippen LogP contribution is -2.52. The summed E-state index contributed by atoms with van der Waals surface area (Å²) in [6.07, 6.45) is 1.41. The van der Waals surface area contributed by atoms with Gasteiger partial charge in [0.15, 0.2) is 0 Å². The molecular weight excluding hydrogens is 388 g/mol. The van der Waals surface area contributed by atoms with Gasteiger partial charge in [0.05, 0.1) is 16.1 Å². The number of nitrogens with zero attached hydrogens (tertiary/aromatic N) is 2. The molecule has 0 radical (unpaired) electrons. The third-order valence-corrected chi connectivity index (χ3v) is 6.03. The fraction of sp³-hybridized carbons (Fsp3) is 0.429. The van der Waals surface area contributed by atoms with E-state index in [4.69, 9.17) is 0 Å². The lowest BCUT2D eigenvalue weighted by molar-refractivity contribution is -0.140. The lowest BCUT2D eigenvalue weighted by atomic mass is 10.1. The van der Waals surface area contributed by atoms with E-state index >= 15 is 0 Å². The summed E-state index contributed by atoms with van der Waals surface area (Å²) in [4.78, 5) is 43.5. The SMILES string of the molecule is CC(=O)N[C@@H](C)C(=O)N1CCC[C@H]1C(=O)NCc1ccc(-c2scnc2C)cc1. The Hall–Kier alpha value is -2.74. The highest BCUT2D eigenvalue weighted by Crippen LogP contribution is 2.27. The van der Waals surface area contributed by atoms with Gasteiger partial charge in [-0.2, -0.15) is 0 Å². The standard InChI is InChI=1S/C21H26N4O3S/c1-13-19(29-12-23-13)17-8-6-16(7-9-17)11-22-20(27)18-5-4-10-25(18)21(28)14(2)24-15(3)26/h6-9,12,14,18H,4-5,10-11H2,1-3H3,(H,22,27)(H,24,26)/t14-,18-/m0/s1.